The molecule has 5 N–H and O–H groups in total. The highest BCUT2D eigenvalue weighted by Gasteiger charge is 2.21. The van der Waals surface area contributed by atoms with Crippen LogP contribution in [0, 0.1) is 0 Å². The van der Waals surface area contributed by atoms with Gasteiger partial charge in [-0.3, -0.25) is 0 Å². The van der Waals surface area contributed by atoms with E-state index in [0.29, 0.717) is 18.2 Å². The van der Waals surface area contributed by atoms with E-state index in [1.807, 2.05) is 24.4 Å². The third kappa shape index (κ3) is 4.59. The number of rotatable bonds is 9. The molecule has 3 aromatic heterocycles. The standard InChI is InChI=1S/C27H33N7O2/c1-3-6-20(16-35)31-25-24-23(32-27(28)33-25)21-7-4-5-8-22(21)34(24)15-19-13-18(14-30-26(19)36-2)17-9-11-29-12-10-17/h4-5,7-9,13-14,20,29,35H,3,6,10-12,15-16H2,1-2H3,(H3,28,31,32,33)/t20-/m0/s1. The molecule has 0 radical (unpaired) electrons. The number of anilines is 2. The average Bonchev–Trinajstić information content (AvgIpc) is 3.22. The molecule has 188 valence electrons. The van der Waals surface area contributed by atoms with Gasteiger partial charge in [-0.1, -0.05) is 37.6 Å². The number of nitrogens with two attached hydrogens (primary N) is 1. The first kappa shape index (κ1) is 24.0. The lowest BCUT2D eigenvalue weighted by molar-refractivity contribution is 0.268. The predicted octanol–water partition coefficient (Wildman–Crippen LogP) is 3.57. The van der Waals surface area contributed by atoms with Crippen LogP contribution in [0.1, 0.15) is 37.3 Å². The van der Waals surface area contributed by atoms with Gasteiger partial charge in [-0.2, -0.15) is 4.98 Å². The van der Waals surface area contributed by atoms with Crippen molar-refractivity contribution < 1.29 is 9.84 Å². The van der Waals surface area contributed by atoms with E-state index in [1.54, 1.807) is 7.11 Å². The number of aliphatic hydroxyl groups is 1. The average molecular weight is 488 g/mol. The molecule has 0 amide bonds. The number of hydrogen-bond donors (Lipinski definition) is 4. The summed E-state index contributed by atoms with van der Waals surface area (Å²) in [6, 6.07) is 10.2. The largest absolute Gasteiger partial charge is 0.481 e. The Labute approximate surface area is 210 Å². The van der Waals surface area contributed by atoms with E-state index in [2.05, 4.69) is 55.3 Å². The molecule has 36 heavy (non-hydrogen) atoms. The van der Waals surface area contributed by atoms with Gasteiger partial charge in [0.05, 0.1) is 31.8 Å². The highest BCUT2D eigenvalue weighted by atomic mass is 16.5. The molecule has 9 nitrogen and oxygen atoms in total. The van der Waals surface area contributed by atoms with Crippen LogP contribution >= 0.6 is 0 Å². The fourth-order valence-electron chi connectivity index (χ4n) is 4.99. The molecule has 4 aromatic rings. The topological polar surface area (TPSA) is 123 Å². The van der Waals surface area contributed by atoms with E-state index < -0.39 is 0 Å². The number of methoxy groups -OCH3 is 1. The van der Waals surface area contributed by atoms with Crippen molar-refractivity contribution in [3.05, 3.63) is 53.7 Å². The minimum atomic E-state index is -0.134. The van der Waals surface area contributed by atoms with Crippen LogP contribution in [-0.4, -0.2) is 57.5 Å². The number of para-hydroxylation sites is 1. The van der Waals surface area contributed by atoms with E-state index in [1.165, 1.54) is 5.57 Å². The van der Waals surface area contributed by atoms with Gasteiger partial charge < -0.3 is 30.8 Å². The van der Waals surface area contributed by atoms with Crippen LogP contribution in [0.25, 0.3) is 27.5 Å². The first-order valence-corrected chi connectivity index (χ1v) is 12.5. The van der Waals surface area contributed by atoms with Gasteiger partial charge in [0, 0.05) is 23.7 Å². The third-order valence-electron chi connectivity index (χ3n) is 6.70. The van der Waals surface area contributed by atoms with Crippen LogP contribution in [0.2, 0.25) is 0 Å². The van der Waals surface area contributed by atoms with E-state index in [9.17, 15) is 5.11 Å². The second kappa shape index (κ2) is 10.5. The number of nitrogen functional groups attached to an aromatic ring is 1. The zero-order valence-electron chi connectivity index (χ0n) is 20.8. The van der Waals surface area contributed by atoms with Crippen molar-refractivity contribution in [2.45, 2.75) is 38.8 Å². The van der Waals surface area contributed by atoms with Crippen molar-refractivity contribution in [3.8, 4) is 5.88 Å². The summed E-state index contributed by atoms with van der Waals surface area (Å²) in [6.45, 7) is 4.43. The first-order chi connectivity index (χ1) is 17.6. The van der Waals surface area contributed by atoms with Gasteiger partial charge in [-0.25, -0.2) is 9.97 Å². The van der Waals surface area contributed by atoms with Crippen LogP contribution in [0.15, 0.2) is 42.6 Å². The maximum atomic E-state index is 9.95. The Morgan fingerprint density at radius 2 is 2.14 bits per heavy atom. The Kier molecular flexibility index (Phi) is 7.02. The van der Waals surface area contributed by atoms with E-state index >= 15 is 0 Å². The molecule has 1 aliphatic heterocycles. The Bertz CT molecular complexity index is 1410. The summed E-state index contributed by atoms with van der Waals surface area (Å²) in [6.07, 6.45) is 6.82. The van der Waals surface area contributed by atoms with Crippen molar-refractivity contribution in [3.63, 3.8) is 0 Å². The Balaban J connectivity index is 1.68. The number of pyridine rings is 1. The Hall–Kier alpha value is -3.69. The van der Waals surface area contributed by atoms with Crippen molar-refractivity contribution in [2.24, 2.45) is 0 Å². The fourth-order valence-corrected chi connectivity index (χ4v) is 4.99. The second-order valence-corrected chi connectivity index (χ2v) is 9.12. The molecule has 1 aromatic carbocycles. The zero-order valence-corrected chi connectivity index (χ0v) is 20.8. The minimum absolute atomic E-state index is 0.00320. The number of ether oxygens (including phenoxy) is 1. The van der Waals surface area contributed by atoms with E-state index in [-0.39, 0.29) is 18.6 Å². The lowest BCUT2D eigenvalue weighted by Crippen LogP contribution is -2.25. The van der Waals surface area contributed by atoms with Gasteiger partial charge in [0.25, 0.3) is 0 Å². The summed E-state index contributed by atoms with van der Waals surface area (Å²) in [4.78, 5) is 13.8. The third-order valence-corrected chi connectivity index (χ3v) is 6.70. The fraction of sp³-hybridized carbons (Fsp3) is 0.370. The van der Waals surface area contributed by atoms with Crippen molar-refractivity contribution in [1.82, 2.24) is 24.8 Å². The monoisotopic (exact) mass is 487 g/mol. The van der Waals surface area contributed by atoms with Crippen LogP contribution in [-0.2, 0) is 6.54 Å². The van der Waals surface area contributed by atoms with Gasteiger partial charge >= 0.3 is 0 Å². The summed E-state index contributed by atoms with van der Waals surface area (Å²) in [5.74, 6) is 1.40. The van der Waals surface area contributed by atoms with Crippen LogP contribution in [0.5, 0.6) is 5.88 Å². The highest BCUT2D eigenvalue weighted by Crippen LogP contribution is 2.34. The number of hydrogen-bond acceptors (Lipinski definition) is 8. The number of nitrogens with one attached hydrogen (secondary N) is 2. The van der Waals surface area contributed by atoms with Crippen molar-refractivity contribution in [2.75, 3.05) is 37.9 Å². The number of aromatic nitrogens is 4. The zero-order chi connectivity index (χ0) is 25.1. The quantitative estimate of drug-likeness (QED) is 0.283. The maximum Gasteiger partial charge on any atom is 0.222 e. The number of benzene rings is 1. The van der Waals surface area contributed by atoms with Crippen LogP contribution in [0.3, 0.4) is 0 Å². The predicted molar refractivity (Wildman–Crippen MR) is 144 cm³/mol. The normalized spacial score (nSPS) is 14.7. The summed E-state index contributed by atoms with van der Waals surface area (Å²) in [5, 5.41) is 17.7. The molecule has 1 aliphatic rings. The molecule has 4 heterocycles. The van der Waals surface area contributed by atoms with Crippen molar-refractivity contribution in [1.29, 1.82) is 0 Å². The summed E-state index contributed by atoms with van der Waals surface area (Å²) in [5.41, 5.74) is 12.1. The first-order valence-electron chi connectivity index (χ1n) is 12.5. The summed E-state index contributed by atoms with van der Waals surface area (Å²) >= 11 is 0. The van der Waals surface area contributed by atoms with Gasteiger partial charge in [0.15, 0.2) is 5.82 Å². The molecular weight excluding hydrogens is 454 g/mol. The van der Waals surface area contributed by atoms with Gasteiger partial charge in [0.2, 0.25) is 11.8 Å². The van der Waals surface area contributed by atoms with E-state index in [4.69, 9.17) is 10.5 Å². The summed E-state index contributed by atoms with van der Waals surface area (Å²) in [7, 11) is 1.65. The molecule has 0 saturated carbocycles. The molecule has 0 fully saturated rings. The molecular formula is C27H33N7O2. The van der Waals surface area contributed by atoms with Crippen LogP contribution in [0.4, 0.5) is 11.8 Å². The van der Waals surface area contributed by atoms with Crippen molar-refractivity contribution >= 4 is 39.3 Å². The molecule has 0 spiro atoms. The molecule has 0 saturated heterocycles. The molecule has 0 unspecified atom stereocenters. The Morgan fingerprint density at radius 1 is 1.28 bits per heavy atom. The maximum absolute atomic E-state index is 9.95. The van der Waals surface area contributed by atoms with Gasteiger partial charge in [-0.05, 0) is 42.7 Å². The molecule has 0 bridgehead atoms. The smallest absolute Gasteiger partial charge is 0.222 e. The Morgan fingerprint density at radius 3 is 2.89 bits per heavy atom. The molecule has 0 aliphatic carbocycles. The minimum Gasteiger partial charge on any atom is -0.481 e. The highest BCUT2D eigenvalue weighted by molar-refractivity contribution is 6.09. The molecule has 9 heteroatoms. The number of aliphatic hydroxyl groups excluding tert-OH is 1. The van der Waals surface area contributed by atoms with Crippen LogP contribution < -0.4 is 21.1 Å². The van der Waals surface area contributed by atoms with Gasteiger partial charge in [-0.15, -0.1) is 0 Å². The van der Waals surface area contributed by atoms with Gasteiger partial charge in [0.1, 0.15) is 11.0 Å². The number of fused-ring (bicyclic) bond motifs is 3. The molecule has 5 rings (SSSR count). The second-order valence-electron chi connectivity index (χ2n) is 9.12. The number of nitrogens with zero attached hydrogens (tertiary/aromatic N) is 4. The molecule has 1 atom stereocenters. The SMILES string of the molecule is CCC[C@@H](CO)Nc1nc(N)nc2c3ccccc3n(Cc3cc(C4=CCNCC4)cnc3OC)c12. The lowest BCUT2D eigenvalue weighted by atomic mass is 10.0. The lowest BCUT2D eigenvalue weighted by Gasteiger charge is -2.19. The van der Waals surface area contributed by atoms with E-state index in [0.717, 1.165) is 65.4 Å². The summed E-state index contributed by atoms with van der Waals surface area (Å²) < 4.78 is 7.86.